The number of rotatable bonds is 6. The summed E-state index contributed by atoms with van der Waals surface area (Å²) < 4.78 is 25.5. The number of amides is 1. The number of para-hydroxylation sites is 1. The highest BCUT2D eigenvalue weighted by molar-refractivity contribution is 7.92. The number of anilines is 1. The summed E-state index contributed by atoms with van der Waals surface area (Å²) in [6.45, 7) is 2.05. The van der Waals surface area contributed by atoms with Crippen molar-refractivity contribution < 1.29 is 13.2 Å². The Morgan fingerprint density at radius 1 is 1.19 bits per heavy atom. The van der Waals surface area contributed by atoms with E-state index in [1.165, 1.54) is 35.6 Å². The molecule has 0 saturated carbocycles. The van der Waals surface area contributed by atoms with Crippen molar-refractivity contribution in [3.63, 3.8) is 0 Å². The quantitative estimate of drug-likeness (QED) is 0.609. The summed E-state index contributed by atoms with van der Waals surface area (Å²) >= 11 is 7.13. The number of nitrogens with one attached hydrogen (secondary N) is 2. The van der Waals surface area contributed by atoms with E-state index in [0.29, 0.717) is 10.2 Å². The fraction of sp³-hybridized carbons (Fsp3) is 0.176. The Morgan fingerprint density at radius 3 is 2.62 bits per heavy atom. The number of carbonyl (C=O) groups is 1. The van der Waals surface area contributed by atoms with Gasteiger partial charge < -0.3 is 0 Å². The molecule has 0 radical (unpaired) electrons. The van der Waals surface area contributed by atoms with E-state index in [-0.39, 0.29) is 4.90 Å². The van der Waals surface area contributed by atoms with Crippen LogP contribution in [-0.4, -0.2) is 25.1 Å². The first kappa shape index (κ1) is 18.6. The summed E-state index contributed by atoms with van der Waals surface area (Å²) in [5, 5.41) is 0.926. The summed E-state index contributed by atoms with van der Waals surface area (Å²) in [5.41, 5.74) is 7.07. The number of halogens is 1. The van der Waals surface area contributed by atoms with Crippen molar-refractivity contribution in [3.8, 4) is 0 Å². The molecule has 0 unspecified atom stereocenters. The molecule has 2 N–H and O–H groups in total. The lowest BCUT2D eigenvalue weighted by atomic mass is 10.1. The Bertz CT molecular complexity index is 1050. The molecular formula is C17H16ClN3O3S2. The number of sulfone groups is 1. The van der Waals surface area contributed by atoms with E-state index in [1.807, 2.05) is 25.1 Å². The zero-order valence-corrected chi connectivity index (χ0v) is 16.2. The first-order valence-corrected chi connectivity index (χ1v) is 10.7. The van der Waals surface area contributed by atoms with Gasteiger partial charge in [-0.15, -0.1) is 0 Å². The highest BCUT2D eigenvalue weighted by Crippen LogP contribution is 2.28. The number of hydrogen-bond donors (Lipinski definition) is 2. The van der Waals surface area contributed by atoms with Gasteiger partial charge in [0.25, 0.3) is 5.91 Å². The van der Waals surface area contributed by atoms with E-state index in [9.17, 15) is 13.2 Å². The zero-order valence-electron chi connectivity index (χ0n) is 13.8. The molecule has 26 heavy (non-hydrogen) atoms. The molecule has 0 aliphatic rings. The first-order valence-electron chi connectivity index (χ1n) is 7.80. The van der Waals surface area contributed by atoms with Crippen molar-refractivity contribution in [2.75, 3.05) is 11.2 Å². The van der Waals surface area contributed by atoms with Crippen molar-refractivity contribution in [3.05, 3.63) is 53.1 Å². The maximum absolute atomic E-state index is 12.2. The van der Waals surface area contributed by atoms with E-state index in [2.05, 4.69) is 15.8 Å². The zero-order chi connectivity index (χ0) is 18.7. The summed E-state index contributed by atoms with van der Waals surface area (Å²) in [6.07, 6.45) is 0.853. The van der Waals surface area contributed by atoms with E-state index < -0.39 is 21.5 Å². The van der Waals surface area contributed by atoms with Crippen molar-refractivity contribution in [1.29, 1.82) is 0 Å². The number of hydrazine groups is 1. The Balaban J connectivity index is 1.66. The van der Waals surface area contributed by atoms with Crippen LogP contribution < -0.4 is 10.9 Å². The molecule has 0 spiro atoms. The molecule has 0 saturated heterocycles. The van der Waals surface area contributed by atoms with Gasteiger partial charge in [-0.1, -0.05) is 42.0 Å². The molecule has 3 rings (SSSR count). The van der Waals surface area contributed by atoms with Gasteiger partial charge in [-0.05, 0) is 42.3 Å². The van der Waals surface area contributed by atoms with Gasteiger partial charge >= 0.3 is 0 Å². The number of carbonyl (C=O) groups excluding carboxylic acids is 1. The lowest BCUT2D eigenvalue weighted by molar-refractivity contribution is -0.118. The van der Waals surface area contributed by atoms with Gasteiger partial charge in [0.15, 0.2) is 9.84 Å². The van der Waals surface area contributed by atoms with Crippen LogP contribution in [0.3, 0.4) is 0 Å². The number of aromatic nitrogens is 1. The number of aryl methyl sites for hydroxylation is 1. The smallest absolute Gasteiger partial charge is 0.253 e. The molecule has 9 heteroatoms. The van der Waals surface area contributed by atoms with Crippen LogP contribution in [0, 0.1) is 0 Å². The molecule has 1 heterocycles. The molecule has 136 valence electrons. The minimum absolute atomic E-state index is 0.0459. The molecule has 0 fully saturated rings. The molecule has 1 amide bonds. The monoisotopic (exact) mass is 409 g/mol. The third-order valence-electron chi connectivity index (χ3n) is 3.69. The average molecular weight is 410 g/mol. The predicted octanol–water partition coefficient (Wildman–Crippen LogP) is 3.43. The van der Waals surface area contributed by atoms with Gasteiger partial charge in [0.1, 0.15) is 5.75 Å². The third kappa shape index (κ3) is 4.14. The van der Waals surface area contributed by atoms with Gasteiger partial charge in [-0.3, -0.25) is 15.6 Å². The molecule has 3 aromatic rings. The molecule has 0 aliphatic heterocycles. The predicted molar refractivity (Wildman–Crippen MR) is 104 cm³/mol. The fourth-order valence-electron chi connectivity index (χ4n) is 2.40. The van der Waals surface area contributed by atoms with Crippen LogP contribution in [0.2, 0.25) is 5.02 Å². The number of hydrogen-bond acceptors (Lipinski definition) is 6. The highest BCUT2D eigenvalue weighted by Gasteiger charge is 2.19. The van der Waals surface area contributed by atoms with Crippen molar-refractivity contribution in [1.82, 2.24) is 10.4 Å². The minimum atomic E-state index is -3.74. The molecule has 0 bridgehead atoms. The molecule has 1 aromatic heterocycles. The largest absolute Gasteiger partial charge is 0.273 e. The van der Waals surface area contributed by atoms with Crippen LogP contribution in [0.25, 0.3) is 10.2 Å². The molecular weight excluding hydrogens is 394 g/mol. The van der Waals surface area contributed by atoms with Gasteiger partial charge in [0, 0.05) is 5.02 Å². The summed E-state index contributed by atoms with van der Waals surface area (Å²) in [7, 11) is -3.74. The lowest BCUT2D eigenvalue weighted by Crippen LogP contribution is -2.34. The second-order valence-corrected chi connectivity index (χ2v) is 8.98. The number of thiazole rings is 1. The summed E-state index contributed by atoms with van der Waals surface area (Å²) in [5.74, 6) is -1.35. The Labute approximate surface area is 160 Å². The topological polar surface area (TPSA) is 88.2 Å². The second kappa shape index (κ2) is 7.61. The molecule has 2 aromatic carbocycles. The van der Waals surface area contributed by atoms with Crippen molar-refractivity contribution >= 4 is 54.0 Å². The van der Waals surface area contributed by atoms with Crippen LogP contribution in [-0.2, 0) is 21.1 Å². The van der Waals surface area contributed by atoms with Gasteiger partial charge in [-0.2, -0.15) is 0 Å². The normalized spacial score (nSPS) is 11.5. The van der Waals surface area contributed by atoms with Crippen LogP contribution in [0.1, 0.15) is 12.5 Å². The minimum Gasteiger partial charge on any atom is -0.273 e. The molecule has 6 nitrogen and oxygen atoms in total. The first-order chi connectivity index (χ1) is 12.4. The second-order valence-electron chi connectivity index (χ2n) is 5.52. The number of fused-ring (bicyclic) bond motifs is 1. The number of benzene rings is 2. The van der Waals surface area contributed by atoms with Gasteiger partial charge in [-0.25, -0.2) is 13.4 Å². The van der Waals surface area contributed by atoms with Crippen molar-refractivity contribution in [2.24, 2.45) is 0 Å². The standard InChI is InChI=1S/C17H16ClN3O3S2/c1-2-11-4-3-5-14-16(11)19-17(25-14)21-20-15(22)10-26(23,24)13-8-6-12(18)7-9-13/h3-9H,2,10H2,1H3,(H,19,21)(H,20,22). The summed E-state index contributed by atoms with van der Waals surface area (Å²) in [6, 6.07) is 11.6. The molecule has 0 aliphatic carbocycles. The van der Waals surface area contributed by atoms with E-state index >= 15 is 0 Å². The maximum atomic E-state index is 12.2. The van der Waals surface area contributed by atoms with Crippen LogP contribution in [0.4, 0.5) is 5.13 Å². The lowest BCUT2D eigenvalue weighted by Gasteiger charge is -2.07. The molecule has 0 atom stereocenters. The maximum Gasteiger partial charge on any atom is 0.253 e. The van der Waals surface area contributed by atoms with Crippen molar-refractivity contribution in [2.45, 2.75) is 18.2 Å². The van der Waals surface area contributed by atoms with E-state index in [4.69, 9.17) is 11.6 Å². The Morgan fingerprint density at radius 2 is 1.92 bits per heavy atom. The third-order valence-corrected chi connectivity index (χ3v) is 6.51. The van der Waals surface area contributed by atoms with Crippen LogP contribution in [0.5, 0.6) is 0 Å². The van der Waals surface area contributed by atoms with Gasteiger partial charge in [0.2, 0.25) is 5.13 Å². The Hall–Kier alpha value is -2.16. The fourth-order valence-corrected chi connectivity index (χ4v) is 4.53. The average Bonchev–Trinajstić information content (AvgIpc) is 3.03. The number of nitrogens with zero attached hydrogens (tertiary/aromatic N) is 1. The summed E-state index contributed by atoms with van der Waals surface area (Å²) in [4.78, 5) is 16.5. The van der Waals surface area contributed by atoms with Crippen LogP contribution >= 0.6 is 22.9 Å². The van der Waals surface area contributed by atoms with Crippen LogP contribution in [0.15, 0.2) is 47.4 Å². The highest BCUT2D eigenvalue weighted by atomic mass is 35.5. The Kier molecular flexibility index (Phi) is 5.45. The van der Waals surface area contributed by atoms with E-state index in [1.54, 1.807) is 0 Å². The SMILES string of the molecule is CCc1cccc2sc(NNC(=O)CS(=O)(=O)c3ccc(Cl)cc3)nc12. The van der Waals surface area contributed by atoms with E-state index in [0.717, 1.165) is 22.2 Å². The van der Waals surface area contributed by atoms with Gasteiger partial charge in [0.05, 0.1) is 15.1 Å².